The van der Waals surface area contributed by atoms with Crippen LogP contribution >= 0.6 is 18.5 Å². The van der Waals surface area contributed by atoms with Gasteiger partial charge in [-0.2, -0.15) is 0 Å². The number of nitrogens with zero attached hydrogens (tertiary/aromatic N) is 1. The van der Waals surface area contributed by atoms with Crippen molar-refractivity contribution >= 4 is 18.5 Å². The van der Waals surface area contributed by atoms with Crippen LogP contribution in [0.2, 0.25) is 0 Å². The minimum Gasteiger partial charge on any atom is -0.362 e. The molecule has 1 aromatic carbocycles. The van der Waals surface area contributed by atoms with Gasteiger partial charge >= 0.3 is 0 Å². The third-order valence-electron chi connectivity index (χ3n) is 4.07. The molecule has 1 aromatic heterocycles. The Morgan fingerprint density at radius 3 is 2.73 bits per heavy atom. The maximum Gasteiger partial charge on any atom is 0.137 e. The van der Waals surface area contributed by atoms with Gasteiger partial charge in [-0.25, -0.2) is 4.98 Å². The van der Waals surface area contributed by atoms with Gasteiger partial charge in [0.05, 0.1) is 11.7 Å². The highest BCUT2D eigenvalue weighted by atomic mass is 31.1. The van der Waals surface area contributed by atoms with Gasteiger partial charge in [-0.05, 0) is 45.2 Å². The average molecular weight is 388 g/mol. The smallest absolute Gasteiger partial charge is 0.137 e. The van der Waals surface area contributed by atoms with Crippen molar-refractivity contribution in [3.05, 3.63) is 65.5 Å². The molecule has 0 aliphatic heterocycles. The number of allylic oxidation sites excluding steroid dienone is 3. The Labute approximate surface area is 162 Å². The SMILES string of the molecule is CC(C)=CCC/C(C)=C/CC(P)(P)OCc1cccc(-c2ncc[nH]2)c1. The molecule has 2 atom stereocenters. The van der Waals surface area contributed by atoms with Crippen LogP contribution in [0.25, 0.3) is 11.4 Å². The minimum atomic E-state index is -0.349. The lowest BCUT2D eigenvalue weighted by molar-refractivity contribution is 0.0761. The summed E-state index contributed by atoms with van der Waals surface area (Å²) in [6.07, 6.45) is 11.2. The molecular formula is C21H30N2OP2. The summed E-state index contributed by atoms with van der Waals surface area (Å²) >= 11 is 0. The second kappa shape index (κ2) is 10.2. The largest absolute Gasteiger partial charge is 0.362 e. The molecule has 0 aliphatic carbocycles. The van der Waals surface area contributed by atoms with E-state index in [1.807, 2.05) is 12.3 Å². The van der Waals surface area contributed by atoms with Crippen LogP contribution in [0.3, 0.4) is 0 Å². The first kappa shape index (κ1) is 21.0. The number of aromatic nitrogens is 2. The second-order valence-corrected chi connectivity index (χ2v) is 9.58. The first-order chi connectivity index (χ1) is 12.4. The van der Waals surface area contributed by atoms with Gasteiger partial charge in [0.15, 0.2) is 0 Å². The molecule has 2 aromatic rings. The van der Waals surface area contributed by atoms with E-state index in [2.05, 4.69) is 79.6 Å². The van der Waals surface area contributed by atoms with Crippen LogP contribution in [0.5, 0.6) is 0 Å². The van der Waals surface area contributed by atoms with Crippen molar-refractivity contribution < 1.29 is 4.74 Å². The number of hydrogen-bond acceptors (Lipinski definition) is 2. The molecule has 0 spiro atoms. The lowest BCUT2D eigenvalue weighted by Gasteiger charge is -2.24. The van der Waals surface area contributed by atoms with Crippen molar-refractivity contribution in [1.82, 2.24) is 9.97 Å². The van der Waals surface area contributed by atoms with E-state index >= 15 is 0 Å². The molecule has 0 radical (unpaired) electrons. The van der Waals surface area contributed by atoms with Crippen LogP contribution in [0.4, 0.5) is 0 Å². The van der Waals surface area contributed by atoms with Gasteiger partial charge in [0.2, 0.25) is 0 Å². The number of rotatable bonds is 9. The molecule has 1 heterocycles. The van der Waals surface area contributed by atoms with Gasteiger partial charge in [-0.15, -0.1) is 0 Å². The number of H-pyrrole nitrogens is 1. The fourth-order valence-corrected chi connectivity index (χ4v) is 2.93. The molecule has 0 fully saturated rings. The Morgan fingerprint density at radius 2 is 2.04 bits per heavy atom. The predicted molar refractivity (Wildman–Crippen MR) is 118 cm³/mol. The first-order valence-electron chi connectivity index (χ1n) is 8.95. The first-order valence-corrected chi connectivity index (χ1v) is 10.1. The highest BCUT2D eigenvalue weighted by molar-refractivity contribution is 7.39. The number of benzene rings is 1. The summed E-state index contributed by atoms with van der Waals surface area (Å²) in [4.78, 5) is 7.44. The fraction of sp³-hybridized carbons (Fsp3) is 0.381. The van der Waals surface area contributed by atoms with Gasteiger partial charge in [0.25, 0.3) is 0 Å². The van der Waals surface area contributed by atoms with Crippen molar-refractivity contribution in [1.29, 1.82) is 0 Å². The van der Waals surface area contributed by atoms with E-state index in [9.17, 15) is 0 Å². The summed E-state index contributed by atoms with van der Waals surface area (Å²) < 4.78 is 6.12. The molecule has 2 unspecified atom stereocenters. The second-order valence-electron chi connectivity index (χ2n) is 6.96. The van der Waals surface area contributed by atoms with Crippen LogP contribution in [0.1, 0.15) is 45.6 Å². The summed E-state index contributed by atoms with van der Waals surface area (Å²) in [6.45, 7) is 7.04. The molecule has 0 saturated heterocycles. The fourth-order valence-electron chi connectivity index (χ4n) is 2.53. The zero-order chi connectivity index (χ0) is 19.0. The molecular weight excluding hydrogens is 358 g/mol. The van der Waals surface area contributed by atoms with Crippen molar-refractivity contribution in [2.24, 2.45) is 0 Å². The number of aromatic amines is 1. The van der Waals surface area contributed by atoms with Crippen LogP contribution in [-0.4, -0.2) is 15.1 Å². The summed E-state index contributed by atoms with van der Waals surface area (Å²) in [5.74, 6) is 0.879. The van der Waals surface area contributed by atoms with Crippen LogP contribution in [-0.2, 0) is 11.3 Å². The number of imidazole rings is 1. The molecule has 26 heavy (non-hydrogen) atoms. The molecule has 2 rings (SSSR count). The summed E-state index contributed by atoms with van der Waals surface area (Å²) in [7, 11) is 5.63. The molecule has 5 heteroatoms. The summed E-state index contributed by atoms with van der Waals surface area (Å²) in [5, 5.41) is -0.349. The normalized spacial score (nSPS) is 12.3. The standard InChI is InChI=1S/C21H30N2OP2/c1-16(2)6-4-7-17(3)10-11-21(25,26)24-15-18-8-5-9-19(14-18)20-22-12-13-23-20/h5-6,8-10,12-14H,4,7,11,15,25-26H2,1-3H3,(H,22,23)/b17-10+. The topological polar surface area (TPSA) is 37.9 Å². The van der Waals surface area contributed by atoms with Crippen molar-refractivity contribution in [2.45, 2.75) is 51.7 Å². The molecule has 140 valence electrons. The van der Waals surface area contributed by atoms with Gasteiger partial charge in [-0.3, -0.25) is 0 Å². The number of ether oxygens (including phenoxy) is 1. The third-order valence-corrected chi connectivity index (χ3v) is 4.87. The Morgan fingerprint density at radius 1 is 1.23 bits per heavy atom. The number of nitrogens with one attached hydrogen (secondary N) is 1. The van der Waals surface area contributed by atoms with Gasteiger partial charge in [0, 0.05) is 24.4 Å². The van der Waals surface area contributed by atoms with Gasteiger partial charge in [0.1, 0.15) is 5.82 Å². The Bertz CT molecular complexity index is 745. The average Bonchev–Trinajstić information content (AvgIpc) is 3.13. The van der Waals surface area contributed by atoms with Gasteiger partial charge in [-0.1, -0.05) is 60.0 Å². The zero-order valence-electron chi connectivity index (χ0n) is 16.0. The molecule has 0 saturated carbocycles. The van der Waals surface area contributed by atoms with E-state index in [1.54, 1.807) is 6.20 Å². The maximum absolute atomic E-state index is 6.12. The van der Waals surface area contributed by atoms with E-state index in [4.69, 9.17) is 4.74 Å². The summed E-state index contributed by atoms with van der Waals surface area (Å²) in [5.41, 5.74) is 4.99. The maximum atomic E-state index is 6.12. The highest BCUT2D eigenvalue weighted by Crippen LogP contribution is 2.34. The van der Waals surface area contributed by atoms with E-state index in [0.717, 1.165) is 36.2 Å². The monoisotopic (exact) mass is 388 g/mol. The molecule has 0 amide bonds. The van der Waals surface area contributed by atoms with Crippen LogP contribution in [0, 0.1) is 0 Å². The summed E-state index contributed by atoms with van der Waals surface area (Å²) in [6, 6.07) is 8.29. The van der Waals surface area contributed by atoms with Gasteiger partial charge < -0.3 is 9.72 Å². The molecule has 0 bridgehead atoms. The van der Waals surface area contributed by atoms with Crippen LogP contribution < -0.4 is 0 Å². The van der Waals surface area contributed by atoms with Crippen molar-refractivity contribution in [3.8, 4) is 11.4 Å². The minimum absolute atomic E-state index is 0.349. The van der Waals surface area contributed by atoms with Crippen molar-refractivity contribution in [2.75, 3.05) is 0 Å². The Balaban J connectivity index is 1.87. The molecule has 0 aliphatic rings. The zero-order valence-corrected chi connectivity index (χ0v) is 18.3. The van der Waals surface area contributed by atoms with E-state index < -0.39 is 0 Å². The Kier molecular flexibility index (Phi) is 8.22. The van der Waals surface area contributed by atoms with E-state index in [0.29, 0.717) is 6.61 Å². The highest BCUT2D eigenvalue weighted by Gasteiger charge is 2.17. The number of hydrogen-bond donors (Lipinski definition) is 1. The quantitative estimate of drug-likeness (QED) is 0.418. The lowest BCUT2D eigenvalue weighted by Crippen LogP contribution is -2.15. The lowest BCUT2D eigenvalue weighted by atomic mass is 10.1. The molecule has 1 N–H and O–H groups in total. The van der Waals surface area contributed by atoms with E-state index in [-0.39, 0.29) is 5.08 Å². The predicted octanol–water partition coefficient (Wildman–Crippen LogP) is 6.08. The molecule has 3 nitrogen and oxygen atoms in total. The van der Waals surface area contributed by atoms with Crippen molar-refractivity contribution in [3.63, 3.8) is 0 Å². The van der Waals surface area contributed by atoms with Crippen LogP contribution in [0.15, 0.2) is 60.0 Å². The van der Waals surface area contributed by atoms with E-state index in [1.165, 1.54) is 11.1 Å². The third kappa shape index (κ3) is 7.54. The Hall–Kier alpha value is -1.27.